The van der Waals surface area contributed by atoms with Gasteiger partial charge >= 0.3 is 0 Å². The summed E-state index contributed by atoms with van der Waals surface area (Å²) < 4.78 is 17.3. The SMILES string of the molecule is COc1ccc(C(=O)Nc2ccc(OCCOc3ccccc3)cc2)cc1I. The molecule has 5 nitrogen and oxygen atoms in total. The van der Waals surface area contributed by atoms with Crippen LogP contribution in [0.1, 0.15) is 10.4 Å². The van der Waals surface area contributed by atoms with Gasteiger partial charge in [0, 0.05) is 11.3 Å². The number of carbonyl (C=O) groups is 1. The van der Waals surface area contributed by atoms with Crippen LogP contribution in [0.4, 0.5) is 5.69 Å². The van der Waals surface area contributed by atoms with Gasteiger partial charge in [-0.05, 0) is 77.2 Å². The monoisotopic (exact) mass is 489 g/mol. The fraction of sp³-hybridized carbons (Fsp3) is 0.136. The maximum absolute atomic E-state index is 12.4. The zero-order valence-corrected chi connectivity index (χ0v) is 17.5. The highest BCUT2D eigenvalue weighted by Gasteiger charge is 2.09. The predicted octanol–water partition coefficient (Wildman–Crippen LogP) is 5.01. The highest BCUT2D eigenvalue weighted by molar-refractivity contribution is 14.1. The summed E-state index contributed by atoms with van der Waals surface area (Å²) in [7, 11) is 1.61. The molecule has 3 aromatic rings. The number of hydrogen-bond acceptors (Lipinski definition) is 4. The highest BCUT2D eigenvalue weighted by atomic mass is 127. The van der Waals surface area contributed by atoms with Crippen LogP contribution >= 0.6 is 22.6 Å². The number of halogens is 1. The van der Waals surface area contributed by atoms with Crippen LogP contribution < -0.4 is 19.5 Å². The Balaban J connectivity index is 1.48. The molecule has 3 rings (SSSR count). The number of methoxy groups -OCH3 is 1. The van der Waals surface area contributed by atoms with E-state index in [1.807, 2.05) is 42.5 Å². The minimum atomic E-state index is -0.175. The van der Waals surface area contributed by atoms with Gasteiger partial charge in [-0.3, -0.25) is 4.79 Å². The molecule has 0 spiro atoms. The molecule has 1 amide bonds. The van der Waals surface area contributed by atoms with E-state index in [1.165, 1.54) is 0 Å². The van der Waals surface area contributed by atoms with Gasteiger partial charge in [0.15, 0.2) is 0 Å². The number of para-hydroxylation sites is 1. The maximum atomic E-state index is 12.4. The second-order valence-electron chi connectivity index (χ2n) is 5.84. The Morgan fingerprint density at radius 2 is 1.54 bits per heavy atom. The first-order chi connectivity index (χ1) is 13.7. The summed E-state index contributed by atoms with van der Waals surface area (Å²) in [5.41, 5.74) is 1.27. The minimum Gasteiger partial charge on any atom is -0.496 e. The van der Waals surface area contributed by atoms with E-state index in [9.17, 15) is 4.79 Å². The van der Waals surface area contributed by atoms with Crippen LogP contribution in [0, 0.1) is 3.57 Å². The molecular weight excluding hydrogens is 469 g/mol. The minimum absolute atomic E-state index is 0.175. The molecule has 144 valence electrons. The third-order valence-corrected chi connectivity index (χ3v) is 4.73. The van der Waals surface area contributed by atoms with Crippen molar-refractivity contribution in [3.8, 4) is 17.2 Å². The molecule has 0 fully saturated rings. The summed E-state index contributed by atoms with van der Waals surface area (Å²) in [5.74, 6) is 2.10. The Kier molecular flexibility index (Phi) is 7.13. The molecule has 0 aliphatic heterocycles. The van der Waals surface area contributed by atoms with Gasteiger partial charge in [-0.2, -0.15) is 0 Å². The molecular formula is C22H20INO4. The Morgan fingerprint density at radius 1 is 0.893 bits per heavy atom. The molecule has 0 saturated carbocycles. The van der Waals surface area contributed by atoms with Crippen LogP contribution in [0.2, 0.25) is 0 Å². The van der Waals surface area contributed by atoms with E-state index in [2.05, 4.69) is 27.9 Å². The standard InChI is InChI=1S/C22H20INO4/c1-26-21-12-7-16(15-20(21)23)22(25)24-17-8-10-19(11-9-17)28-14-13-27-18-5-3-2-4-6-18/h2-12,15H,13-14H2,1H3,(H,24,25). The number of rotatable bonds is 8. The van der Waals surface area contributed by atoms with Crippen molar-refractivity contribution in [2.24, 2.45) is 0 Å². The average molecular weight is 489 g/mol. The number of anilines is 1. The lowest BCUT2D eigenvalue weighted by Crippen LogP contribution is -2.12. The second kappa shape index (κ2) is 9.98. The number of hydrogen-bond donors (Lipinski definition) is 1. The fourth-order valence-corrected chi connectivity index (χ4v) is 3.22. The first-order valence-electron chi connectivity index (χ1n) is 8.71. The molecule has 0 aromatic heterocycles. The normalized spacial score (nSPS) is 10.2. The summed E-state index contributed by atoms with van der Waals surface area (Å²) in [5, 5.41) is 2.88. The van der Waals surface area contributed by atoms with Crippen molar-refractivity contribution < 1.29 is 19.0 Å². The van der Waals surface area contributed by atoms with Crippen molar-refractivity contribution >= 4 is 34.2 Å². The molecule has 3 aromatic carbocycles. The van der Waals surface area contributed by atoms with Gasteiger partial charge in [-0.1, -0.05) is 18.2 Å². The number of carbonyl (C=O) groups excluding carboxylic acids is 1. The van der Waals surface area contributed by atoms with E-state index < -0.39 is 0 Å². The summed E-state index contributed by atoms with van der Waals surface area (Å²) in [6.07, 6.45) is 0. The van der Waals surface area contributed by atoms with Crippen LogP contribution in [-0.2, 0) is 0 Å². The Morgan fingerprint density at radius 3 is 2.14 bits per heavy atom. The first-order valence-corrected chi connectivity index (χ1v) is 9.79. The molecule has 0 radical (unpaired) electrons. The Bertz CT molecular complexity index is 914. The van der Waals surface area contributed by atoms with E-state index in [-0.39, 0.29) is 5.91 Å². The van der Waals surface area contributed by atoms with Crippen LogP contribution in [0.5, 0.6) is 17.2 Å². The third-order valence-electron chi connectivity index (χ3n) is 3.89. The maximum Gasteiger partial charge on any atom is 0.255 e. The van der Waals surface area contributed by atoms with Crippen molar-refractivity contribution in [3.05, 3.63) is 81.9 Å². The molecule has 0 saturated heterocycles. The molecule has 0 bridgehead atoms. The van der Waals surface area contributed by atoms with Gasteiger partial charge < -0.3 is 19.5 Å². The molecule has 0 atom stereocenters. The number of amides is 1. The first kappa shape index (κ1) is 20.0. The van der Waals surface area contributed by atoms with Crippen LogP contribution in [0.15, 0.2) is 72.8 Å². The quantitative estimate of drug-likeness (QED) is 0.357. The van der Waals surface area contributed by atoms with Gasteiger partial charge in [0.1, 0.15) is 30.5 Å². The number of ether oxygens (including phenoxy) is 3. The smallest absolute Gasteiger partial charge is 0.255 e. The zero-order valence-electron chi connectivity index (χ0n) is 15.4. The zero-order chi connectivity index (χ0) is 19.8. The topological polar surface area (TPSA) is 56.8 Å². The lowest BCUT2D eigenvalue weighted by molar-refractivity contribution is 0.102. The summed E-state index contributed by atoms with van der Waals surface area (Å²) >= 11 is 2.14. The van der Waals surface area contributed by atoms with Crippen molar-refractivity contribution in [2.75, 3.05) is 25.6 Å². The van der Waals surface area contributed by atoms with E-state index in [0.717, 1.165) is 15.1 Å². The highest BCUT2D eigenvalue weighted by Crippen LogP contribution is 2.22. The van der Waals surface area contributed by atoms with Crippen LogP contribution in [0.25, 0.3) is 0 Å². The summed E-state index contributed by atoms with van der Waals surface area (Å²) in [6, 6.07) is 22.2. The average Bonchev–Trinajstić information content (AvgIpc) is 2.73. The lowest BCUT2D eigenvalue weighted by atomic mass is 10.2. The molecule has 0 aliphatic rings. The van der Waals surface area contributed by atoms with Crippen LogP contribution in [-0.4, -0.2) is 26.2 Å². The van der Waals surface area contributed by atoms with E-state index in [4.69, 9.17) is 14.2 Å². The van der Waals surface area contributed by atoms with Gasteiger partial charge in [-0.25, -0.2) is 0 Å². The largest absolute Gasteiger partial charge is 0.496 e. The van der Waals surface area contributed by atoms with E-state index in [1.54, 1.807) is 37.4 Å². The molecule has 1 N–H and O–H groups in total. The van der Waals surface area contributed by atoms with E-state index in [0.29, 0.717) is 30.2 Å². The van der Waals surface area contributed by atoms with Gasteiger partial charge in [0.05, 0.1) is 10.7 Å². The van der Waals surface area contributed by atoms with Crippen LogP contribution in [0.3, 0.4) is 0 Å². The Hall–Kier alpha value is -2.74. The van der Waals surface area contributed by atoms with Crippen molar-refractivity contribution in [3.63, 3.8) is 0 Å². The summed E-state index contributed by atoms with van der Waals surface area (Å²) in [6.45, 7) is 0.892. The molecule has 0 unspecified atom stereocenters. The Labute approximate surface area is 177 Å². The molecule has 0 aliphatic carbocycles. The number of benzene rings is 3. The lowest BCUT2D eigenvalue weighted by Gasteiger charge is -2.10. The van der Waals surface area contributed by atoms with Gasteiger partial charge in [0.25, 0.3) is 5.91 Å². The summed E-state index contributed by atoms with van der Waals surface area (Å²) in [4.78, 5) is 12.4. The predicted molar refractivity (Wildman–Crippen MR) is 118 cm³/mol. The number of nitrogens with one attached hydrogen (secondary N) is 1. The molecule has 28 heavy (non-hydrogen) atoms. The van der Waals surface area contributed by atoms with Crippen molar-refractivity contribution in [2.45, 2.75) is 0 Å². The van der Waals surface area contributed by atoms with Crippen molar-refractivity contribution in [1.82, 2.24) is 0 Å². The third kappa shape index (κ3) is 5.63. The molecule has 6 heteroatoms. The van der Waals surface area contributed by atoms with Crippen molar-refractivity contribution in [1.29, 1.82) is 0 Å². The van der Waals surface area contributed by atoms with Gasteiger partial charge in [-0.15, -0.1) is 0 Å². The van der Waals surface area contributed by atoms with E-state index >= 15 is 0 Å². The van der Waals surface area contributed by atoms with Gasteiger partial charge in [0.2, 0.25) is 0 Å². The fourth-order valence-electron chi connectivity index (χ4n) is 2.48. The molecule has 0 heterocycles. The second-order valence-corrected chi connectivity index (χ2v) is 7.00.